The summed E-state index contributed by atoms with van der Waals surface area (Å²) in [6.45, 7) is 2.21. The molecule has 0 heterocycles. The van der Waals surface area contributed by atoms with E-state index in [0.717, 1.165) is 4.90 Å². The topological polar surface area (TPSA) is 86.7 Å². The largest absolute Gasteiger partial charge is 0.480 e. The summed E-state index contributed by atoms with van der Waals surface area (Å²) in [6, 6.07) is -1.27. The molecule has 0 fully saturated rings. The van der Waals surface area contributed by atoms with E-state index < -0.39 is 40.9 Å². The molecule has 0 bridgehead atoms. The van der Waals surface area contributed by atoms with Gasteiger partial charge in [0.15, 0.2) is 0 Å². The third-order valence-corrected chi connectivity index (χ3v) is 2.95. The fraction of sp³-hybridized carbons (Fsp3) is 0.700. The Hall–Kier alpha value is -1.45. The number of aliphatic carboxylic acids is 1. The number of hydrogen-bond donors (Lipinski definition) is 2. The van der Waals surface area contributed by atoms with E-state index in [1.54, 1.807) is 0 Å². The van der Waals surface area contributed by atoms with Gasteiger partial charge >= 0.3 is 11.5 Å². The van der Waals surface area contributed by atoms with Gasteiger partial charge in [0.2, 0.25) is 11.8 Å². The molecule has 0 aliphatic carbocycles. The van der Waals surface area contributed by atoms with Gasteiger partial charge in [-0.2, -0.15) is 13.2 Å². The van der Waals surface area contributed by atoms with Crippen LogP contribution in [0.3, 0.4) is 0 Å². The van der Waals surface area contributed by atoms with Crippen molar-refractivity contribution in [2.45, 2.75) is 25.4 Å². The van der Waals surface area contributed by atoms with Crippen LogP contribution < -0.4 is 5.32 Å². The van der Waals surface area contributed by atoms with E-state index >= 15 is 0 Å². The smallest absolute Gasteiger partial charge is 0.442 e. The maximum Gasteiger partial charge on any atom is 0.442 e. The van der Waals surface area contributed by atoms with Crippen LogP contribution in [-0.2, 0) is 14.4 Å². The van der Waals surface area contributed by atoms with Crippen LogP contribution in [0, 0.1) is 0 Å². The summed E-state index contributed by atoms with van der Waals surface area (Å²) in [5.41, 5.74) is -4.56. The molecule has 0 radical (unpaired) electrons. The Bertz CT molecular complexity index is 376. The molecule has 2 N–H and O–H groups in total. The molecule has 0 rings (SSSR count). The highest BCUT2D eigenvalue weighted by Crippen LogP contribution is 2.30. The number of thioether (sulfide) groups is 1. The summed E-state index contributed by atoms with van der Waals surface area (Å²) in [5.74, 6) is -3.57. The molecule has 2 amide bonds. The average molecular weight is 316 g/mol. The molecule has 0 aliphatic rings. The monoisotopic (exact) mass is 316 g/mol. The summed E-state index contributed by atoms with van der Waals surface area (Å²) < 4.78 is 36.0. The van der Waals surface area contributed by atoms with Crippen molar-refractivity contribution in [3.8, 4) is 0 Å². The maximum absolute atomic E-state index is 12.0. The van der Waals surface area contributed by atoms with Crippen molar-refractivity contribution in [2.75, 3.05) is 18.8 Å². The summed E-state index contributed by atoms with van der Waals surface area (Å²) >= 11 is -0.533. The lowest BCUT2D eigenvalue weighted by Crippen LogP contribution is -2.47. The Kier molecular flexibility index (Phi) is 7.40. The Morgan fingerprint density at radius 3 is 2.30 bits per heavy atom. The molecular formula is C10H15F3N2O4S. The first-order chi connectivity index (χ1) is 9.04. The molecule has 0 aliphatic heterocycles. The number of alkyl halides is 3. The van der Waals surface area contributed by atoms with Gasteiger partial charge in [0, 0.05) is 20.0 Å². The van der Waals surface area contributed by atoms with E-state index in [-0.39, 0.29) is 19.0 Å². The van der Waals surface area contributed by atoms with Gasteiger partial charge in [-0.1, -0.05) is 0 Å². The van der Waals surface area contributed by atoms with E-state index in [0.29, 0.717) is 0 Å². The Morgan fingerprint density at radius 1 is 1.35 bits per heavy atom. The van der Waals surface area contributed by atoms with Crippen LogP contribution in [0.4, 0.5) is 13.2 Å². The van der Waals surface area contributed by atoms with Gasteiger partial charge in [-0.05, 0) is 18.7 Å². The molecule has 116 valence electrons. The number of amides is 2. The number of carboxylic acids is 1. The summed E-state index contributed by atoms with van der Waals surface area (Å²) in [4.78, 5) is 33.9. The number of carbonyl (C=O) groups is 3. The molecule has 0 aromatic rings. The number of nitrogens with one attached hydrogen (secondary N) is 1. The molecule has 0 spiro atoms. The predicted octanol–water partition coefficient (Wildman–Crippen LogP) is 0.677. The molecule has 10 heteroatoms. The maximum atomic E-state index is 12.0. The number of carbonyl (C=O) groups excluding carboxylic acids is 2. The minimum atomic E-state index is -4.56. The zero-order chi connectivity index (χ0) is 15.9. The van der Waals surface area contributed by atoms with Crippen molar-refractivity contribution in [3.05, 3.63) is 0 Å². The minimum absolute atomic E-state index is 0.0324. The normalized spacial score (nSPS) is 12.7. The van der Waals surface area contributed by atoms with Gasteiger partial charge in [-0.15, -0.1) is 0 Å². The van der Waals surface area contributed by atoms with E-state index in [9.17, 15) is 27.6 Å². The fourth-order valence-electron chi connectivity index (χ4n) is 1.25. The van der Waals surface area contributed by atoms with Gasteiger partial charge in [0.1, 0.15) is 6.04 Å². The first kappa shape index (κ1) is 18.6. The van der Waals surface area contributed by atoms with Crippen LogP contribution in [0.25, 0.3) is 0 Å². The van der Waals surface area contributed by atoms with Crippen LogP contribution in [0.5, 0.6) is 0 Å². The van der Waals surface area contributed by atoms with Crippen molar-refractivity contribution in [1.29, 1.82) is 0 Å². The Balaban J connectivity index is 4.62. The van der Waals surface area contributed by atoms with Crippen molar-refractivity contribution in [2.24, 2.45) is 0 Å². The lowest BCUT2D eigenvalue weighted by Gasteiger charge is -2.26. The third kappa shape index (κ3) is 7.87. The number of hydrogen-bond acceptors (Lipinski definition) is 4. The summed E-state index contributed by atoms with van der Waals surface area (Å²) in [6.07, 6.45) is 0. The average Bonchev–Trinajstić information content (AvgIpc) is 2.29. The second-order valence-electron chi connectivity index (χ2n) is 3.82. The third-order valence-electron chi connectivity index (χ3n) is 2.23. The van der Waals surface area contributed by atoms with Crippen LogP contribution >= 0.6 is 11.8 Å². The zero-order valence-corrected chi connectivity index (χ0v) is 11.7. The number of halogens is 3. The molecule has 1 atom stereocenters. The predicted molar refractivity (Wildman–Crippen MR) is 66.0 cm³/mol. The fourth-order valence-corrected chi connectivity index (χ4v) is 1.70. The van der Waals surface area contributed by atoms with Crippen LogP contribution in [0.1, 0.15) is 13.8 Å². The molecule has 6 nitrogen and oxygen atoms in total. The van der Waals surface area contributed by atoms with Crippen LogP contribution in [0.2, 0.25) is 0 Å². The summed E-state index contributed by atoms with van der Waals surface area (Å²) in [5, 5.41) is 11.2. The second kappa shape index (κ2) is 7.98. The van der Waals surface area contributed by atoms with E-state index in [1.807, 2.05) is 0 Å². The molecule has 0 saturated heterocycles. The first-order valence-electron chi connectivity index (χ1n) is 5.52. The zero-order valence-electron chi connectivity index (χ0n) is 10.9. The van der Waals surface area contributed by atoms with Crippen molar-refractivity contribution < 1.29 is 32.7 Å². The van der Waals surface area contributed by atoms with Crippen molar-refractivity contribution in [1.82, 2.24) is 10.2 Å². The van der Waals surface area contributed by atoms with Crippen molar-refractivity contribution >= 4 is 29.5 Å². The van der Waals surface area contributed by atoms with Gasteiger partial charge in [-0.25, -0.2) is 4.79 Å². The molecule has 0 aromatic carbocycles. The molecule has 0 aromatic heterocycles. The molecule has 1 unspecified atom stereocenters. The highest BCUT2D eigenvalue weighted by molar-refractivity contribution is 8.00. The van der Waals surface area contributed by atoms with Gasteiger partial charge in [0.25, 0.3) is 0 Å². The van der Waals surface area contributed by atoms with Gasteiger partial charge < -0.3 is 15.3 Å². The number of rotatable bonds is 7. The lowest BCUT2D eigenvalue weighted by molar-refractivity contribution is -0.148. The standard InChI is InChI=1S/C10H15F3N2O4S/c1-6(9(18)19)15(4-3-14-7(2)16)8(17)5-20-10(11,12)13/h6H,3-5H2,1-2H3,(H,14,16)(H,18,19). The van der Waals surface area contributed by atoms with E-state index in [2.05, 4.69) is 5.32 Å². The van der Waals surface area contributed by atoms with E-state index in [4.69, 9.17) is 5.11 Å². The Morgan fingerprint density at radius 2 is 1.90 bits per heavy atom. The van der Waals surface area contributed by atoms with Gasteiger partial charge in [-0.3, -0.25) is 9.59 Å². The summed E-state index contributed by atoms with van der Waals surface area (Å²) in [7, 11) is 0. The Labute approximate surface area is 117 Å². The number of carboxylic acid groups (broad SMARTS) is 1. The van der Waals surface area contributed by atoms with E-state index in [1.165, 1.54) is 13.8 Å². The second-order valence-corrected chi connectivity index (χ2v) is 4.86. The SMILES string of the molecule is CC(=O)NCCN(C(=O)CSC(F)(F)F)C(C)C(=O)O. The molecule has 0 saturated carbocycles. The van der Waals surface area contributed by atoms with Crippen LogP contribution in [0.15, 0.2) is 0 Å². The number of nitrogens with zero attached hydrogens (tertiary/aromatic N) is 1. The molecule has 20 heavy (non-hydrogen) atoms. The first-order valence-corrected chi connectivity index (χ1v) is 6.50. The van der Waals surface area contributed by atoms with Gasteiger partial charge in [0.05, 0.1) is 5.75 Å². The highest BCUT2D eigenvalue weighted by atomic mass is 32.2. The quantitative estimate of drug-likeness (QED) is 0.721. The molecular weight excluding hydrogens is 301 g/mol. The highest BCUT2D eigenvalue weighted by Gasteiger charge is 2.32. The van der Waals surface area contributed by atoms with Crippen molar-refractivity contribution in [3.63, 3.8) is 0 Å². The minimum Gasteiger partial charge on any atom is -0.480 e. The lowest BCUT2D eigenvalue weighted by atomic mass is 10.3. The van der Waals surface area contributed by atoms with Crippen LogP contribution in [-0.4, -0.2) is 58.2 Å².